The molecule has 0 radical (unpaired) electrons. The maximum Gasteiger partial charge on any atom is 0.250 e. The molecule has 1 heterocycles. The van der Waals surface area contributed by atoms with Crippen LogP contribution < -0.4 is 0 Å². The maximum atomic E-state index is 11.3. The van der Waals surface area contributed by atoms with Gasteiger partial charge < -0.3 is 4.43 Å². The lowest BCUT2D eigenvalue weighted by Crippen LogP contribution is -2.40. The molecule has 7 heteroatoms. The van der Waals surface area contributed by atoms with Crippen LogP contribution in [0.25, 0.3) is 0 Å². The third-order valence-corrected chi connectivity index (χ3v) is 8.71. The summed E-state index contributed by atoms with van der Waals surface area (Å²) in [6, 6.07) is 1.67. The molecule has 0 aliphatic rings. The fourth-order valence-corrected chi connectivity index (χ4v) is 2.55. The van der Waals surface area contributed by atoms with Crippen molar-refractivity contribution in [1.29, 1.82) is 0 Å². The predicted octanol–water partition coefficient (Wildman–Crippen LogP) is 2.21. The van der Waals surface area contributed by atoms with Crippen LogP contribution in [0, 0.1) is 0 Å². The van der Waals surface area contributed by atoms with Crippen molar-refractivity contribution in [3.05, 3.63) is 18.0 Å². The third-order valence-electron chi connectivity index (χ3n) is 3.35. The van der Waals surface area contributed by atoms with Crippen LogP contribution in [0.4, 0.5) is 0 Å². The molecular formula is C11H22N2O3SSi. The molecule has 5 nitrogen and oxygen atoms in total. The minimum atomic E-state index is -3.30. The zero-order chi connectivity index (χ0) is 14.2. The van der Waals surface area contributed by atoms with Crippen LogP contribution in [-0.4, -0.2) is 32.2 Å². The van der Waals surface area contributed by atoms with Crippen LogP contribution in [0.3, 0.4) is 0 Å². The molecule has 0 unspecified atom stereocenters. The molecule has 0 N–H and O–H groups in total. The Morgan fingerprint density at radius 3 is 2.33 bits per heavy atom. The highest BCUT2D eigenvalue weighted by molar-refractivity contribution is 7.89. The molecule has 1 aromatic rings. The topological polar surface area (TPSA) is 61.2 Å². The first-order valence-corrected chi connectivity index (χ1v) is 10.6. The van der Waals surface area contributed by atoms with Crippen molar-refractivity contribution >= 4 is 18.3 Å². The largest absolute Gasteiger partial charge is 0.411 e. The zero-order valence-corrected chi connectivity index (χ0v) is 13.7. The molecular weight excluding hydrogens is 268 g/mol. The molecule has 0 aromatic carbocycles. The molecule has 0 aliphatic heterocycles. The first kappa shape index (κ1) is 15.4. The van der Waals surface area contributed by atoms with Crippen LogP contribution >= 0.6 is 0 Å². The number of hydrogen-bond acceptors (Lipinski definition) is 4. The van der Waals surface area contributed by atoms with Gasteiger partial charge in [-0.1, -0.05) is 20.8 Å². The van der Waals surface area contributed by atoms with E-state index in [2.05, 4.69) is 39.0 Å². The Balaban J connectivity index is 2.74. The van der Waals surface area contributed by atoms with Crippen LogP contribution in [0.5, 0.6) is 0 Å². The molecule has 104 valence electrons. The van der Waals surface area contributed by atoms with E-state index in [1.54, 1.807) is 6.07 Å². The Morgan fingerprint density at radius 1 is 1.39 bits per heavy atom. The molecule has 0 bridgehead atoms. The van der Waals surface area contributed by atoms with Crippen molar-refractivity contribution in [1.82, 2.24) is 9.19 Å². The van der Waals surface area contributed by atoms with E-state index in [0.717, 1.165) is 10.3 Å². The van der Waals surface area contributed by atoms with Crippen molar-refractivity contribution in [3.63, 3.8) is 0 Å². The second-order valence-electron chi connectivity index (χ2n) is 5.99. The molecule has 0 saturated heterocycles. The minimum Gasteiger partial charge on any atom is -0.411 e. The van der Waals surface area contributed by atoms with Crippen LogP contribution in [0.1, 0.15) is 26.5 Å². The average molecular weight is 290 g/mol. The summed E-state index contributed by atoms with van der Waals surface area (Å²) in [7, 11) is -5.13. The molecule has 0 spiro atoms. The van der Waals surface area contributed by atoms with Crippen LogP contribution in [-0.2, 0) is 21.1 Å². The van der Waals surface area contributed by atoms with Gasteiger partial charge in [-0.25, -0.2) is 8.42 Å². The molecule has 0 aliphatic carbocycles. The van der Waals surface area contributed by atoms with Gasteiger partial charge in [-0.05, 0) is 24.2 Å². The van der Waals surface area contributed by atoms with Crippen molar-refractivity contribution in [2.75, 3.05) is 6.26 Å². The quantitative estimate of drug-likeness (QED) is 0.798. The van der Waals surface area contributed by atoms with E-state index in [0.29, 0.717) is 12.3 Å². The Morgan fingerprint density at radius 2 is 1.94 bits per heavy atom. The Labute approximate surface area is 110 Å². The summed E-state index contributed by atoms with van der Waals surface area (Å²) >= 11 is 0. The molecule has 0 saturated carbocycles. The zero-order valence-electron chi connectivity index (χ0n) is 11.9. The SMILES string of the molecule is CC(C)(C)[Si](C)(C)OCc1ccn(S(C)(=O)=O)n1. The lowest BCUT2D eigenvalue weighted by atomic mass is 10.2. The van der Waals surface area contributed by atoms with Gasteiger partial charge >= 0.3 is 0 Å². The highest BCUT2D eigenvalue weighted by atomic mass is 32.2. The highest BCUT2D eigenvalue weighted by Gasteiger charge is 2.37. The molecule has 1 rings (SSSR count). The summed E-state index contributed by atoms with van der Waals surface area (Å²) in [5.41, 5.74) is 0.644. The third kappa shape index (κ3) is 3.66. The van der Waals surface area contributed by atoms with Crippen LogP contribution in [0.2, 0.25) is 18.1 Å². The number of aromatic nitrogens is 2. The highest BCUT2D eigenvalue weighted by Crippen LogP contribution is 2.36. The Bertz CT molecular complexity index is 515. The second-order valence-corrected chi connectivity index (χ2v) is 12.6. The molecule has 1 aromatic heterocycles. The maximum absolute atomic E-state index is 11.3. The second kappa shape index (κ2) is 4.79. The predicted molar refractivity (Wildman–Crippen MR) is 74.5 cm³/mol. The van der Waals surface area contributed by atoms with E-state index in [9.17, 15) is 8.42 Å². The smallest absolute Gasteiger partial charge is 0.250 e. The van der Waals surface area contributed by atoms with Crippen molar-refractivity contribution in [3.8, 4) is 0 Å². The lowest BCUT2D eigenvalue weighted by molar-refractivity contribution is 0.271. The summed E-state index contributed by atoms with van der Waals surface area (Å²) in [4.78, 5) is 0. The molecule has 0 fully saturated rings. The number of rotatable bonds is 4. The summed E-state index contributed by atoms with van der Waals surface area (Å²) in [6.07, 6.45) is 2.57. The fraction of sp³-hybridized carbons (Fsp3) is 0.727. The van der Waals surface area contributed by atoms with Gasteiger partial charge in [-0.2, -0.15) is 9.19 Å². The Hall–Kier alpha value is -0.663. The van der Waals surface area contributed by atoms with Crippen molar-refractivity contribution in [2.45, 2.75) is 45.5 Å². The van der Waals surface area contributed by atoms with E-state index in [-0.39, 0.29) is 5.04 Å². The van der Waals surface area contributed by atoms with Gasteiger partial charge in [-0.3, -0.25) is 0 Å². The first-order valence-electron chi connectivity index (χ1n) is 5.82. The standard InChI is InChI=1S/C11H22N2O3SSi/c1-11(2,3)18(5,6)16-9-10-7-8-13(12-10)17(4,14)15/h7-8H,9H2,1-6H3. The van der Waals surface area contributed by atoms with Gasteiger partial charge in [-0.15, -0.1) is 0 Å². The van der Waals surface area contributed by atoms with Crippen molar-refractivity contribution < 1.29 is 12.8 Å². The minimum absolute atomic E-state index is 0.131. The number of nitrogens with zero attached hydrogens (tertiary/aromatic N) is 2. The van der Waals surface area contributed by atoms with Crippen molar-refractivity contribution in [2.24, 2.45) is 0 Å². The van der Waals surface area contributed by atoms with E-state index in [1.807, 2.05) is 0 Å². The van der Waals surface area contributed by atoms with Gasteiger partial charge in [0.25, 0.3) is 10.0 Å². The van der Waals surface area contributed by atoms with Gasteiger partial charge in [0.15, 0.2) is 8.32 Å². The first-order chi connectivity index (χ1) is 7.93. The van der Waals surface area contributed by atoms with E-state index in [4.69, 9.17) is 4.43 Å². The normalized spacial score (nSPS) is 13.9. The molecule has 0 amide bonds. The summed E-state index contributed by atoms with van der Waals surface area (Å²) in [5.74, 6) is 0. The van der Waals surface area contributed by atoms with Gasteiger partial charge in [0, 0.05) is 6.20 Å². The van der Waals surface area contributed by atoms with E-state index >= 15 is 0 Å². The van der Waals surface area contributed by atoms with Gasteiger partial charge in [0.2, 0.25) is 0 Å². The lowest BCUT2D eigenvalue weighted by Gasteiger charge is -2.35. The molecule has 18 heavy (non-hydrogen) atoms. The summed E-state index contributed by atoms with van der Waals surface area (Å²) in [5, 5.41) is 4.12. The number of hydrogen-bond donors (Lipinski definition) is 0. The van der Waals surface area contributed by atoms with Crippen LogP contribution in [0.15, 0.2) is 12.3 Å². The Kier molecular flexibility index (Phi) is 4.09. The fourth-order valence-electron chi connectivity index (χ4n) is 1.08. The van der Waals surface area contributed by atoms with E-state index in [1.165, 1.54) is 6.20 Å². The summed E-state index contributed by atoms with van der Waals surface area (Å²) in [6.45, 7) is 11.1. The monoisotopic (exact) mass is 290 g/mol. The molecule has 0 atom stereocenters. The average Bonchev–Trinajstić information content (AvgIpc) is 2.60. The summed E-state index contributed by atoms with van der Waals surface area (Å²) < 4.78 is 29.5. The van der Waals surface area contributed by atoms with Gasteiger partial charge in [0.1, 0.15) is 0 Å². The van der Waals surface area contributed by atoms with E-state index < -0.39 is 18.3 Å². The van der Waals surface area contributed by atoms with Gasteiger partial charge in [0.05, 0.1) is 18.6 Å².